The van der Waals surface area contributed by atoms with Crippen LogP contribution in [0.3, 0.4) is 0 Å². The third-order valence-electron chi connectivity index (χ3n) is 5.01. The lowest BCUT2D eigenvalue weighted by atomic mass is 9.88. The molecule has 1 unspecified atom stereocenters. The van der Waals surface area contributed by atoms with Gasteiger partial charge in [-0.3, -0.25) is 4.90 Å². The third kappa shape index (κ3) is 3.82. The van der Waals surface area contributed by atoms with E-state index in [1.165, 1.54) is 6.07 Å². The summed E-state index contributed by atoms with van der Waals surface area (Å²) in [4.78, 5) is 4.75. The van der Waals surface area contributed by atoms with E-state index in [1.54, 1.807) is 6.07 Å². The lowest BCUT2D eigenvalue weighted by Crippen LogP contribution is -2.52. The Morgan fingerprint density at radius 3 is 2.71 bits per heavy atom. The van der Waals surface area contributed by atoms with E-state index in [-0.39, 0.29) is 11.4 Å². The number of benzene rings is 1. The monoisotopic (exact) mass is 293 g/mol. The standard InChI is InChI=1S/C17H28FN3/c1-3-21-11-6-9-17(14-19,10-12-21)20(2)13-15-7-4-5-8-16(15)18/h4-5,7-8H,3,6,9-14,19H2,1-2H3. The summed E-state index contributed by atoms with van der Waals surface area (Å²) in [6.07, 6.45) is 3.31. The minimum atomic E-state index is -0.125. The SMILES string of the molecule is CCN1CCCC(CN)(N(C)Cc2ccccc2F)CC1. The first-order chi connectivity index (χ1) is 10.1. The molecule has 1 aromatic rings. The van der Waals surface area contributed by atoms with Crippen molar-refractivity contribution in [3.63, 3.8) is 0 Å². The van der Waals surface area contributed by atoms with Crippen LogP contribution >= 0.6 is 0 Å². The molecule has 3 nitrogen and oxygen atoms in total. The van der Waals surface area contributed by atoms with Crippen LogP contribution in [-0.2, 0) is 6.54 Å². The predicted octanol–water partition coefficient (Wildman–Crippen LogP) is 2.46. The van der Waals surface area contributed by atoms with Gasteiger partial charge in [-0.05, 0) is 52.0 Å². The number of rotatable bonds is 5. The second-order valence-electron chi connectivity index (χ2n) is 6.16. The molecule has 1 aliphatic rings. The van der Waals surface area contributed by atoms with Gasteiger partial charge >= 0.3 is 0 Å². The molecule has 1 aromatic carbocycles. The maximum Gasteiger partial charge on any atom is 0.127 e. The lowest BCUT2D eigenvalue weighted by Gasteiger charge is -2.41. The number of hydrogen-bond acceptors (Lipinski definition) is 3. The molecule has 118 valence electrons. The van der Waals surface area contributed by atoms with E-state index < -0.39 is 0 Å². The van der Waals surface area contributed by atoms with E-state index in [1.807, 2.05) is 12.1 Å². The van der Waals surface area contributed by atoms with Crippen molar-refractivity contribution in [1.29, 1.82) is 0 Å². The Kier molecular flexibility index (Phi) is 5.73. The zero-order valence-electron chi connectivity index (χ0n) is 13.3. The van der Waals surface area contributed by atoms with Gasteiger partial charge in [-0.1, -0.05) is 25.1 Å². The summed E-state index contributed by atoms with van der Waals surface area (Å²) in [5.74, 6) is -0.125. The van der Waals surface area contributed by atoms with Crippen molar-refractivity contribution in [3.05, 3.63) is 35.6 Å². The summed E-state index contributed by atoms with van der Waals surface area (Å²) >= 11 is 0. The van der Waals surface area contributed by atoms with Gasteiger partial charge in [0.2, 0.25) is 0 Å². The van der Waals surface area contributed by atoms with Crippen LogP contribution in [0.15, 0.2) is 24.3 Å². The van der Waals surface area contributed by atoms with Crippen LogP contribution in [-0.4, -0.2) is 48.6 Å². The van der Waals surface area contributed by atoms with Crippen LogP contribution < -0.4 is 5.73 Å². The van der Waals surface area contributed by atoms with Crippen LogP contribution in [0.1, 0.15) is 31.7 Å². The highest BCUT2D eigenvalue weighted by Crippen LogP contribution is 2.29. The maximum atomic E-state index is 13.9. The molecule has 0 spiro atoms. The Balaban J connectivity index is 2.10. The molecule has 0 aromatic heterocycles. The second kappa shape index (κ2) is 7.34. The molecule has 0 aliphatic carbocycles. The van der Waals surface area contributed by atoms with Crippen LogP contribution in [0.2, 0.25) is 0 Å². The van der Waals surface area contributed by atoms with Crippen molar-refractivity contribution in [3.8, 4) is 0 Å². The highest BCUT2D eigenvalue weighted by atomic mass is 19.1. The fraction of sp³-hybridized carbons (Fsp3) is 0.647. The zero-order valence-corrected chi connectivity index (χ0v) is 13.3. The molecule has 21 heavy (non-hydrogen) atoms. The summed E-state index contributed by atoms with van der Waals surface area (Å²) in [6.45, 7) is 6.78. The Bertz CT molecular complexity index is 451. The van der Waals surface area contributed by atoms with E-state index in [2.05, 4.69) is 23.8 Å². The average molecular weight is 293 g/mol. The Labute approximate surface area is 127 Å². The fourth-order valence-electron chi connectivity index (χ4n) is 3.34. The molecule has 2 N–H and O–H groups in total. The molecular weight excluding hydrogens is 265 g/mol. The molecule has 4 heteroatoms. The molecule has 2 rings (SSSR count). The average Bonchev–Trinajstić information content (AvgIpc) is 2.72. The van der Waals surface area contributed by atoms with E-state index in [0.29, 0.717) is 13.1 Å². The first-order valence-electron chi connectivity index (χ1n) is 7.98. The minimum absolute atomic E-state index is 0.00774. The van der Waals surface area contributed by atoms with Gasteiger partial charge in [0.15, 0.2) is 0 Å². The van der Waals surface area contributed by atoms with Crippen LogP contribution in [0.25, 0.3) is 0 Å². The zero-order chi connectivity index (χ0) is 15.3. The van der Waals surface area contributed by atoms with Crippen molar-refractivity contribution in [1.82, 2.24) is 9.80 Å². The first-order valence-corrected chi connectivity index (χ1v) is 7.98. The summed E-state index contributed by atoms with van der Waals surface area (Å²) in [7, 11) is 2.08. The van der Waals surface area contributed by atoms with Crippen molar-refractivity contribution >= 4 is 0 Å². The highest BCUT2D eigenvalue weighted by Gasteiger charge is 2.35. The molecular formula is C17H28FN3. The number of nitrogens with two attached hydrogens (primary N) is 1. The predicted molar refractivity (Wildman–Crippen MR) is 85.6 cm³/mol. The second-order valence-corrected chi connectivity index (χ2v) is 6.16. The first kappa shape index (κ1) is 16.4. The number of hydrogen-bond donors (Lipinski definition) is 1. The van der Waals surface area contributed by atoms with Gasteiger partial charge in [0, 0.05) is 24.2 Å². The van der Waals surface area contributed by atoms with Gasteiger partial charge in [-0.15, -0.1) is 0 Å². The smallest absolute Gasteiger partial charge is 0.127 e. The summed E-state index contributed by atoms with van der Waals surface area (Å²) in [6, 6.07) is 7.03. The van der Waals surface area contributed by atoms with Crippen molar-refractivity contribution < 1.29 is 4.39 Å². The quantitative estimate of drug-likeness (QED) is 0.905. The number of halogens is 1. The topological polar surface area (TPSA) is 32.5 Å². The molecule has 0 amide bonds. The van der Waals surface area contributed by atoms with Gasteiger partial charge in [0.25, 0.3) is 0 Å². The summed E-state index contributed by atoms with van der Waals surface area (Å²) in [5.41, 5.74) is 6.88. The highest BCUT2D eigenvalue weighted by molar-refractivity contribution is 5.17. The van der Waals surface area contributed by atoms with Gasteiger partial charge in [0.05, 0.1) is 0 Å². The van der Waals surface area contributed by atoms with E-state index >= 15 is 0 Å². The number of likely N-dealkylation sites (N-methyl/N-ethyl adjacent to an activating group) is 1. The van der Waals surface area contributed by atoms with E-state index in [4.69, 9.17) is 5.73 Å². The minimum Gasteiger partial charge on any atom is -0.329 e. The largest absolute Gasteiger partial charge is 0.329 e. The molecule has 0 saturated carbocycles. The van der Waals surface area contributed by atoms with Crippen LogP contribution in [0.5, 0.6) is 0 Å². The molecule has 1 atom stereocenters. The Morgan fingerprint density at radius 2 is 2.05 bits per heavy atom. The van der Waals surface area contributed by atoms with Gasteiger partial charge in [0.1, 0.15) is 5.82 Å². The summed E-state index contributed by atoms with van der Waals surface area (Å²) < 4.78 is 13.9. The van der Waals surface area contributed by atoms with Gasteiger partial charge < -0.3 is 10.6 Å². The summed E-state index contributed by atoms with van der Waals surface area (Å²) in [5, 5.41) is 0. The van der Waals surface area contributed by atoms with Crippen LogP contribution in [0.4, 0.5) is 4.39 Å². The number of likely N-dealkylation sites (tertiary alicyclic amines) is 1. The fourth-order valence-corrected chi connectivity index (χ4v) is 3.34. The van der Waals surface area contributed by atoms with Crippen molar-refractivity contribution in [2.45, 2.75) is 38.3 Å². The van der Waals surface area contributed by atoms with E-state index in [0.717, 1.165) is 44.5 Å². The third-order valence-corrected chi connectivity index (χ3v) is 5.01. The van der Waals surface area contributed by atoms with E-state index in [9.17, 15) is 4.39 Å². The molecule has 0 radical (unpaired) electrons. The maximum absolute atomic E-state index is 13.9. The van der Waals surface area contributed by atoms with Gasteiger partial charge in [-0.2, -0.15) is 0 Å². The van der Waals surface area contributed by atoms with Crippen LogP contribution in [0, 0.1) is 5.82 Å². The Hall–Kier alpha value is -0.970. The lowest BCUT2D eigenvalue weighted by molar-refractivity contribution is 0.0983. The molecule has 1 saturated heterocycles. The normalized spacial score (nSPS) is 24.2. The molecule has 1 heterocycles. The molecule has 0 bridgehead atoms. The number of nitrogens with zero attached hydrogens (tertiary/aromatic N) is 2. The Morgan fingerprint density at radius 1 is 1.29 bits per heavy atom. The molecule has 1 fully saturated rings. The van der Waals surface area contributed by atoms with Crippen molar-refractivity contribution in [2.75, 3.05) is 33.2 Å². The van der Waals surface area contributed by atoms with Crippen molar-refractivity contribution in [2.24, 2.45) is 5.73 Å². The van der Waals surface area contributed by atoms with Gasteiger partial charge in [-0.25, -0.2) is 4.39 Å². The molecule has 1 aliphatic heterocycles.